The van der Waals surface area contributed by atoms with Crippen LogP contribution in [0.5, 0.6) is 0 Å². The first-order valence-corrected chi connectivity index (χ1v) is 7.48. The molecule has 25 heavy (non-hydrogen) atoms. The van der Waals surface area contributed by atoms with E-state index in [9.17, 15) is 18.4 Å². The van der Waals surface area contributed by atoms with Gasteiger partial charge in [0.05, 0.1) is 6.42 Å². The van der Waals surface area contributed by atoms with Crippen LogP contribution >= 0.6 is 0 Å². The maximum absolute atomic E-state index is 13.1. The van der Waals surface area contributed by atoms with Gasteiger partial charge in [-0.1, -0.05) is 18.2 Å². The lowest BCUT2D eigenvalue weighted by atomic mass is 10.1. The van der Waals surface area contributed by atoms with Crippen molar-refractivity contribution in [2.75, 3.05) is 11.9 Å². The fourth-order valence-electron chi connectivity index (χ4n) is 2.40. The van der Waals surface area contributed by atoms with Crippen LogP contribution in [0.1, 0.15) is 5.56 Å². The number of nitrogens with one attached hydrogen (secondary N) is 2. The van der Waals surface area contributed by atoms with Crippen molar-refractivity contribution in [3.8, 4) is 0 Å². The zero-order chi connectivity index (χ0) is 17.8. The van der Waals surface area contributed by atoms with Gasteiger partial charge in [-0.25, -0.2) is 8.78 Å². The van der Waals surface area contributed by atoms with Crippen LogP contribution in [-0.4, -0.2) is 23.5 Å². The van der Waals surface area contributed by atoms with E-state index in [1.165, 1.54) is 6.07 Å². The fourth-order valence-corrected chi connectivity index (χ4v) is 2.40. The third-order valence-corrected chi connectivity index (χ3v) is 3.58. The topological polar surface area (TPSA) is 71.2 Å². The van der Waals surface area contributed by atoms with Gasteiger partial charge in [0.15, 0.2) is 18.2 Å². The molecule has 0 atom stereocenters. The van der Waals surface area contributed by atoms with Crippen molar-refractivity contribution in [2.24, 2.45) is 0 Å². The number of esters is 1. The number of aromatic nitrogens is 1. The number of anilines is 1. The largest absolute Gasteiger partial charge is 0.455 e. The maximum Gasteiger partial charge on any atom is 0.310 e. The summed E-state index contributed by atoms with van der Waals surface area (Å²) < 4.78 is 30.8. The molecule has 0 aliphatic heterocycles. The molecule has 2 aromatic carbocycles. The van der Waals surface area contributed by atoms with Gasteiger partial charge in [0.25, 0.3) is 5.91 Å². The zero-order valence-electron chi connectivity index (χ0n) is 13.0. The highest BCUT2D eigenvalue weighted by atomic mass is 19.2. The number of ether oxygens (including phenoxy) is 1. The third kappa shape index (κ3) is 4.00. The monoisotopic (exact) mass is 344 g/mol. The van der Waals surface area contributed by atoms with E-state index in [0.29, 0.717) is 0 Å². The molecule has 2 N–H and O–H groups in total. The summed E-state index contributed by atoms with van der Waals surface area (Å²) in [6, 6.07) is 10.5. The molecule has 1 amide bonds. The van der Waals surface area contributed by atoms with Crippen LogP contribution in [-0.2, 0) is 20.7 Å². The van der Waals surface area contributed by atoms with Gasteiger partial charge in [0.2, 0.25) is 0 Å². The minimum Gasteiger partial charge on any atom is -0.455 e. The highest BCUT2D eigenvalue weighted by Crippen LogP contribution is 2.18. The Morgan fingerprint density at radius 3 is 2.68 bits per heavy atom. The number of hydrogen-bond acceptors (Lipinski definition) is 3. The molecule has 0 fully saturated rings. The van der Waals surface area contributed by atoms with Crippen molar-refractivity contribution in [2.45, 2.75) is 6.42 Å². The van der Waals surface area contributed by atoms with Crippen LogP contribution in [0.2, 0.25) is 0 Å². The molecule has 3 aromatic rings. The van der Waals surface area contributed by atoms with Gasteiger partial charge in [0, 0.05) is 28.9 Å². The van der Waals surface area contributed by atoms with Crippen molar-refractivity contribution in [1.82, 2.24) is 4.98 Å². The molecule has 0 spiro atoms. The van der Waals surface area contributed by atoms with E-state index in [1.54, 1.807) is 6.20 Å². The Hall–Kier alpha value is -3.22. The van der Waals surface area contributed by atoms with Gasteiger partial charge < -0.3 is 15.0 Å². The molecule has 5 nitrogen and oxygen atoms in total. The van der Waals surface area contributed by atoms with E-state index in [0.717, 1.165) is 28.6 Å². The number of aromatic amines is 1. The second-order valence-electron chi connectivity index (χ2n) is 5.37. The summed E-state index contributed by atoms with van der Waals surface area (Å²) in [5.74, 6) is -3.29. The summed E-state index contributed by atoms with van der Waals surface area (Å²) in [6.45, 7) is -0.514. The number of carbonyl (C=O) groups excluding carboxylic acids is 2. The summed E-state index contributed by atoms with van der Waals surface area (Å²) in [6.07, 6.45) is 1.73. The summed E-state index contributed by atoms with van der Waals surface area (Å²) in [7, 11) is 0. The first kappa shape index (κ1) is 16.6. The number of rotatable bonds is 5. The van der Waals surface area contributed by atoms with Crippen LogP contribution in [0.4, 0.5) is 14.5 Å². The van der Waals surface area contributed by atoms with E-state index in [2.05, 4.69) is 10.3 Å². The van der Waals surface area contributed by atoms with Gasteiger partial charge in [0.1, 0.15) is 0 Å². The van der Waals surface area contributed by atoms with Crippen molar-refractivity contribution in [3.05, 3.63) is 65.9 Å². The molecule has 128 valence electrons. The number of hydrogen-bond donors (Lipinski definition) is 2. The summed E-state index contributed by atoms with van der Waals surface area (Å²) in [4.78, 5) is 26.6. The highest BCUT2D eigenvalue weighted by Gasteiger charge is 2.12. The van der Waals surface area contributed by atoms with Gasteiger partial charge in [-0.3, -0.25) is 9.59 Å². The minimum atomic E-state index is -1.07. The smallest absolute Gasteiger partial charge is 0.310 e. The Labute approximate surface area is 141 Å². The number of halogens is 2. The Balaban J connectivity index is 1.53. The molecule has 0 aliphatic carbocycles. The molecule has 0 bridgehead atoms. The summed E-state index contributed by atoms with van der Waals surface area (Å²) >= 11 is 0. The first-order valence-electron chi connectivity index (χ1n) is 7.48. The van der Waals surface area contributed by atoms with E-state index in [-0.39, 0.29) is 12.1 Å². The van der Waals surface area contributed by atoms with Crippen LogP contribution in [0.25, 0.3) is 10.9 Å². The Morgan fingerprint density at radius 2 is 1.88 bits per heavy atom. The second kappa shape index (κ2) is 7.12. The molecular formula is C18H14F2N2O3. The van der Waals surface area contributed by atoms with Crippen LogP contribution in [0, 0.1) is 11.6 Å². The number of H-pyrrole nitrogens is 1. The Bertz CT molecular complexity index is 937. The zero-order valence-corrected chi connectivity index (χ0v) is 13.0. The van der Waals surface area contributed by atoms with Gasteiger partial charge in [-0.15, -0.1) is 0 Å². The number of amides is 1. The minimum absolute atomic E-state index is 0.0163. The van der Waals surface area contributed by atoms with Gasteiger partial charge in [-0.2, -0.15) is 0 Å². The molecular weight excluding hydrogens is 330 g/mol. The first-order chi connectivity index (χ1) is 12.0. The molecule has 0 unspecified atom stereocenters. The molecule has 7 heteroatoms. The third-order valence-electron chi connectivity index (χ3n) is 3.58. The van der Waals surface area contributed by atoms with Gasteiger partial charge >= 0.3 is 5.97 Å². The molecule has 0 aliphatic rings. The van der Waals surface area contributed by atoms with Crippen molar-refractivity contribution in [1.29, 1.82) is 0 Å². The van der Waals surface area contributed by atoms with Crippen LogP contribution in [0.15, 0.2) is 48.7 Å². The molecule has 3 rings (SSSR count). The number of benzene rings is 2. The van der Waals surface area contributed by atoms with E-state index in [4.69, 9.17) is 4.74 Å². The predicted molar refractivity (Wildman–Crippen MR) is 87.9 cm³/mol. The standard InChI is InChI=1S/C18H14F2N2O3/c19-14-6-5-12(8-15(14)20)22-17(23)10-25-18(24)7-11-9-21-16-4-2-1-3-13(11)16/h1-6,8-9,21H,7,10H2,(H,22,23). The number of fused-ring (bicyclic) bond motifs is 1. The highest BCUT2D eigenvalue weighted by molar-refractivity contribution is 5.93. The molecule has 0 radical (unpaired) electrons. The lowest BCUT2D eigenvalue weighted by Gasteiger charge is -2.07. The number of carbonyl (C=O) groups is 2. The average Bonchev–Trinajstić information content (AvgIpc) is 2.99. The fraction of sp³-hybridized carbons (Fsp3) is 0.111. The van der Waals surface area contributed by atoms with E-state index in [1.807, 2.05) is 24.3 Å². The Kier molecular flexibility index (Phi) is 4.74. The molecule has 0 saturated heterocycles. The normalized spacial score (nSPS) is 10.6. The van der Waals surface area contributed by atoms with Gasteiger partial charge in [-0.05, 0) is 23.8 Å². The quantitative estimate of drug-likeness (QED) is 0.699. The van der Waals surface area contributed by atoms with E-state index >= 15 is 0 Å². The summed E-state index contributed by atoms with van der Waals surface area (Å²) in [5.41, 5.74) is 1.75. The lowest BCUT2D eigenvalue weighted by Crippen LogP contribution is -2.21. The summed E-state index contributed by atoms with van der Waals surface area (Å²) in [5, 5.41) is 3.23. The molecule has 1 heterocycles. The van der Waals surface area contributed by atoms with Crippen molar-refractivity contribution >= 4 is 28.5 Å². The van der Waals surface area contributed by atoms with E-state index < -0.39 is 30.1 Å². The Morgan fingerprint density at radius 1 is 1.08 bits per heavy atom. The maximum atomic E-state index is 13.1. The molecule has 0 saturated carbocycles. The lowest BCUT2D eigenvalue weighted by molar-refractivity contribution is -0.146. The average molecular weight is 344 g/mol. The molecule has 1 aromatic heterocycles. The van der Waals surface area contributed by atoms with Crippen LogP contribution < -0.4 is 5.32 Å². The van der Waals surface area contributed by atoms with Crippen molar-refractivity contribution in [3.63, 3.8) is 0 Å². The second-order valence-corrected chi connectivity index (χ2v) is 5.37. The predicted octanol–water partition coefficient (Wildman–Crippen LogP) is 3.17. The SMILES string of the molecule is O=C(COC(=O)Cc1c[nH]c2ccccc12)Nc1ccc(F)c(F)c1. The van der Waals surface area contributed by atoms with Crippen LogP contribution in [0.3, 0.4) is 0 Å². The van der Waals surface area contributed by atoms with Crippen molar-refractivity contribution < 1.29 is 23.1 Å². The number of para-hydroxylation sites is 1.